The molecule has 2 heterocycles. The number of piperidine rings is 1. The van der Waals surface area contributed by atoms with Gasteiger partial charge in [-0.3, -0.25) is 0 Å². The first-order chi connectivity index (χ1) is 10.7. The molecule has 0 aliphatic carbocycles. The third kappa shape index (κ3) is 3.69. The molecule has 1 saturated heterocycles. The van der Waals surface area contributed by atoms with Crippen LogP contribution in [0.5, 0.6) is 0 Å². The van der Waals surface area contributed by atoms with E-state index in [4.69, 9.17) is 17.3 Å². The largest absolute Gasteiger partial charge is 0.368 e. The molecule has 1 aliphatic heterocycles. The van der Waals surface area contributed by atoms with Gasteiger partial charge in [-0.25, -0.2) is 4.98 Å². The van der Waals surface area contributed by atoms with E-state index in [-0.39, 0.29) is 5.95 Å². The Morgan fingerprint density at radius 2 is 2.00 bits per heavy atom. The van der Waals surface area contributed by atoms with Crippen molar-refractivity contribution in [1.82, 2.24) is 9.97 Å². The van der Waals surface area contributed by atoms with Gasteiger partial charge in [-0.15, -0.1) is 0 Å². The summed E-state index contributed by atoms with van der Waals surface area (Å²) in [5, 5.41) is 0.412. The van der Waals surface area contributed by atoms with E-state index < -0.39 is 0 Å². The van der Waals surface area contributed by atoms with Crippen LogP contribution in [-0.4, -0.2) is 22.6 Å². The Hall–Kier alpha value is -1.81. The summed E-state index contributed by atoms with van der Waals surface area (Å²) in [6, 6.07) is 12.9. The van der Waals surface area contributed by atoms with Crippen molar-refractivity contribution in [2.45, 2.75) is 38.1 Å². The maximum Gasteiger partial charge on any atom is 0.223 e. The van der Waals surface area contributed by atoms with Gasteiger partial charge in [-0.1, -0.05) is 41.9 Å². The normalized spacial score (nSPS) is 18.4. The average molecular weight is 317 g/mol. The number of nitrogens with two attached hydrogens (primary N) is 1. The van der Waals surface area contributed by atoms with Gasteiger partial charge in [0.1, 0.15) is 11.0 Å². The van der Waals surface area contributed by atoms with Crippen LogP contribution in [0.3, 0.4) is 0 Å². The molecule has 1 aromatic carbocycles. The molecule has 0 saturated carbocycles. The molecule has 1 fully saturated rings. The molecule has 2 N–H and O–H groups in total. The van der Waals surface area contributed by atoms with Crippen LogP contribution in [0, 0.1) is 0 Å². The molecule has 22 heavy (non-hydrogen) atoms. The van der Waals surface area contributed by atoms with Crippen molar-refractivity contribution in [3.8, 4) is 0 Å². The van der Waals surface area contributed by atoms with E-state index in [0.29, 0.717) is 11.2 Å². The second kappa shape index (κ2) is 6.97. The minimum atomic E-state index is 0.245. The Morgan fingerprint density at radius 3 is 2.77 bits per heavy atom. The molecular weight excluding hydrogens is 296 g/mol. The quantitative estimate of drug-likeness (QED) is 0.874. The number of halogens is 1. The van der Waals surface area contributed by atoms with E-state index in [9.17, 15) is 0 Å². The van der Waals surface area contributed by atoms with E-state index in [1.54, 1.807) is 0 Å². The third-order valence-electron chi connectivity index (χ3n) is 4.23. The molecule has 2 aromatic rings. The monoisotopic (exact) mass is 316 g/mol. The minimum Gasteiger partial charge on any atom is -0.368 e. The predicted octanol–water partition coefficient (Wildman–Crippen LogP) is 3.70. The van der Waals surface area contributed by atoms with Gasteiger partial charge < -0.3 is 10.6 Å². The van der Waals surface area contributed by atoms with E-state index in [1.165, 1.54) is 24.8 Å². The first-order valence-corrected chi connectivity index (χ1v) is 8.21. The molecule has 0 bridgehead atoms. The highest BCUT2D eigenvalue weighted by molar-refractivity contribution is 6.29. The molecule has 0 radical (unpaired) electrons. The number of anilines is 2. The van der Waals surface area contributed by atoms with Crippen molar-refractivity contribution in [1.29, 1.82) is 0 Å². The topological polar surface area (TPSA) is 55.0 Å². The number of aromatic nitrogens is 2. The van der Waals surface area contributed by atoms with Crippen molar-refractivity contribution in [2.24, 2.45) is 0 Å². The number of nitrogen functional groups attached to an aromatic ring is 1. The van der Waals surface area contributed by atoms with Crippen molar-refractivity contribution in [3.63, 3.8) is 0 Å². The smallest absolute Gasteiger partial charge is 0.223 e. The Bertz CT molecular complexity index is 597. The van der Waals surface area contributed by atoms with E-state index >= 15 is 0 Å². The van der Waals surface area contributed by atoms with E-state index in [0.717, 1.165) is 25.2 Å². The molecule has 1 aliphatic rings. The van der Waals surface area contributed by atoms with Crippen LogP contribution in [0.4, 0.5) is 11.8 Å². The second-order valence-electron chi connectivity index (χ2n) is 5.77. The lowest BCUT2D eigenvalue weighted by Crippen LogP contribution is -2.40. The van der Waals surface area contributed by atoms with Gasteiger partial charge in [0.25, 0.3) is 0 Å². The fourth-order valence-corrected chi connectivity index (χ4v) is 3.33. The number of aryl methyl sites for hydroxylation is 1. The fraction of sp³-hybridized carbons (Fsp3) is 0.412. The van der Waals surface area contributed by atoms with Crippen LogP contribution in [0.1, 0.15) is 31.2 Å². The van der Waals surface area contributed by atoms with Gasteiger partial charge in [0.05, 0.1) is 0 Å². The number of nitrogens with zero attached hydrogens (tertiary/aromatic N) is 3. The zero-order chi connectivity index (χ0) is 15.4. The lowest BCUT2D eigenvalue weighted by molar-refractivity contribution is 0.435. The molecule has 0 spiro atoms. The van der Waals surface area contributed by atoms with Crippen molar-refractivity contribution >= 4 is 23.4 Å². The van der Waals surface area contributed by atoms with Gasteiger partial charge in [0.2, 0.25) is 5.95 Å². The molecule has 1 atom stereocenters. The highest BCUT2D eigenvalue weighted by atomic mass is 35.5. The summed E-state index contributed by atoms with van der Waals surface area (Å²) >= 11 is 6.03. The number of benzene rings is 1. The van der Waals surface area contributed by atoms with Crippen molar-refractivity contribution in [3.05, 3.63) is 47.1 Å². The number of rotatable bonds is 4. The summed E-state index contributed by atoms with van der Waals surface area (Å²) in [7, 11) is 0. The maximum absolute atomic E-state index is 6.03. The zero-order valence-corrected chi connectivity index (χ0v) is 13.3. The first-order valence-electron chi connectivity index (χ1n) is 7.83. The van der Waals surface area contributed by atoms with Gasteiger partial charge in [-0.2, -0.15) is 4.98 Å². The molecule has 3 rings (SSSR count). The molecular formula is C17H21ClN4. The minimum absolute atomic E-state index is 0.245. The third-order valence-corrected chi connectivity index (χ3v) is 4.42. The standard InChI is InChI=1S/C17H21ClN4/c18-15-12-16(21-17(19)20-15)22-11-5-4-8-14(22)10-9-13-6-2-1-3-7-13/h1-3,6-7,12,14H,4-5,8-11H2,(H2,19,20,21)/t14-/m1/s1. The van der Waals surface area contributed by atoms with Crippen molar-refractivity contribution in [2.75, 3.05) is 17.2 Å². The molecule has 0 amide bonds. The Labute approximate surface area is 136 Å². The van der Waals surface area contributed by atoms with Crippen LogP contribution in [0.2, 0.25) is 5.15 Å². The first kappa shape index (κ1) is 15.1. The van der Waals surface area contributed by atoms with Gasteiger partial charge in [0.15, 0.2) is 0 Å². The summed E-state index contributed by atoms with van der Waals surface area (Å²) in [6.07, 6.45) is 5.84. The lowest BCUT2D eigenvalue weighted by atomic mass is 9.96. The number of hydrogen-bond donors (Lipinski definition) is 1. The van der Waals surface area contributed by atoms with E-state index in [1.807, 2.05) is 6.07 Å². The van der Waals surface area contributed by atoms with Crippen LogP contribution in [0.25, 0.3) is 0 Å². The summed E-state index contributed by atoms with van der Waals surface area (Å²) in [5.74, 6) is 1.10. The Morgan fingerprint density at radius 1 is 1.18 bits per heavy atom. The van der Waals surface area contributed by atoms with Crippen LogP contribution < -0.4 is 10.6 Å². The highest BCUT2D eigenvalue weighted by Gasteiger charge is 2.24. The molecule has 1 aromatic heterocycles. The lowest BCUT2D eigenvalue weighted by Gasteiger charge is -2.37. The predicted molar refractivity (Wildman–Crippen MR) is 91.2 cm³/mol. The Kier molecular flexibility index (Phi) is 4.78. The zero-order valence-electron chi connectivity index (χ0n) is 12.6. The van der Waals surface area contributed by atoms with Crippen LogP contribution in [0.15, 0.2) is 36.4 Å². The van der Waals surface area contributed by atoms with Crippen LogP contribution in [-0.2, 0) is 6.42 Å². The second-order valence-corrected chi connectivity index (χ2v) is 6.16. The molecule has 4 nitrogen and oxygen atoms in total. The van der Waals surface area contributed by atoms with Crippen LogP contribution >= 0.6 is 11.6 Å². The van der Waals surface area contributed by atoms with Crippen molar-refractivity contribution < 1.29 is 0 Å². The van der Waals surface area contributed by atoms with Gasteiger partial charge in [-0.05, 0) is 37.7 Å². The fourth-order valence-electron chi connectivity index (χ4n) is 3.15. The SMILES string of the molecule is Nc1nc(Cl)cc(N2CCCC[C@@H]2CCc2ccccc2)n1. The van der Waals surface area contributed by atoms with Gasteiger partial charge in [0, 0.05) is 18.7 Å². The maximum atomic E-state index is 6.03. The summed E-state index contributed by atoms with van der Waals surface area (Å²) in [4.78, 5) is 10.7. The number of hydrogen-bond acceptors (Lipinski definition) is 4. The van der Waals surface area contributed by atoms with Gasteiger partial charge >= 0.3 is 0 Å². The average Bonchev–Trinajstić information content (AvgIpc) is 2.53. The van der Waals surface area contributed by atoms with E-state index in [2.05, 4.69) is 45.2 Å². The summed E-state index contributed by atoms with van der Waals surface area (Å²) < 4.78 is 0. The molecule has 116 valence electrons. The molecule has 0 unspecified atom stereocenters. The summed E-state index contributed by atoms with van der Waals surface area (Å²) in [5.41, 5.74) is 7.13. The highest BCUT2D eigenvalue weighted by Crippen LogP contribution is 2.27. The summed E-state index contributed by atoms with van der Waals surface area (Å²) in [6.45, 7) is 1.01. The molecule has 5 heteroatoms. The Balaban J connectivity index is 1.73.